The summed E-state index contributed by atoms with van der Waals surface area (Å²) in [7, 11) is 4.40. The van der Waals surface area contributed by atoms with Crippen LogP contribution in [0.25, 0.3) is 0 Å². The molecule has 1 unspecified atom stereocenters. The lowest BCUT2D eigenvalue weighted by molar-refractivity contribution is 0.396. The van der Waals surface area contributed by atoms with Crippen molar-refractivity contribution in [3.8, 4) is 0 Å². The minimum atomic E-state index is 0.687. The predicted molar refractivity (Wildman–Crippen MR) is 77.4 cm³/mol. The fourth-order valence-corrected chi connectivity index (χ4v) is 3.84. The molecule has 0 amide bonds. The van der Waals surface area contributed by atoms with E-state index in [0.717, 1.165) is 18.3 Å². The Morgan fingerprint density at radius 2 is 2.22 bits per heavy atom. The van der Waals surface area contributed by atoms with E-state index in [1.54, 1.807) is 11.5 Å². The quantitative estimate of drug-likeness (QED) is 0.905. The highest BCUT2D eigenvalue weighted by molar-refractivity contribution is 7.10. The third kappa shape index (κ3) is 2.34. The summed E-state index contributed by atoms with van der Waals surface area (Å²) in [6.45, 7) is 3.59. The van der Waals surface area contributed by atoms with Crippen molar-refractivity contribution < 1.29 is 0 Å². The van der Waals surface area contributed by atoms with Crippen molar-refractivity contribution in [2.45, 2.75) is 25.2 Å². The largest absolute Gasteiger partial charge is 0.383 e. The topological polar surface area (TPSA) is 45.4 Å². The molecule has 1 aromatic rings. The number of aromatic nitrogens is 1. The third-order valence-corrected chi connectivity index (χ3v) is 5.08. The van der Waals surface area contributed by atoms with E-state index in [4.69, 9.17) is 5.73 Å². The summed E-state index contributed by atoms with van der Waals surface area (Å²) in [5.41, 5.74) is 7.34. The van der Waals surface area contributed by atoms with Crippen LogP contribution in [0.4, 0.5) is 10.8 Å². The van der Waals surface area contributed by atoms with Crippen LogP contribution < -0.4 is 10.6 Å². The van der Waals surface area contributed by atoms with Gasteiger partial charge in [-0.15, -0.1) is 0 Å². The SMILES string of the molecule is CN1CCC(CN(C)c2snc(N)c2C2CC2)C1. The van der Waals surface area contributed by atoms with Crippen molar-refractivity contribution in [3.63, 3.8) is 0 Å². The first kappa shape index (κ1) is 12.2. The van der Waals surface area contributed by atoms with E-state index < -0.39 is 0 Å². The van der Waals surface area contributed by atoms with Gasteiger partial charge in [0.1, 0.15) is 10.8 Å². The zero-order valence-electron chi connectivity index (χ0n) is 11.2. The van der Waals surface area contributed by atoms with Gasteiger partial charge in [0, 0.05) is 25.7 Å². The van der Waals surface area contributed by atoms with E-state index in [2.05, 4.69) is 28.3 Å². The Hall–Kier alpha value is -0.810. The van der Waals surface area contributed by atoms with Crippen molar-refractivity contribution in [3.05, 3.63) is 5.56 Å². The molecular weight excluding hydrogens is 244 g/mol. The minimum absolute atomic E-state index is 0.687. The summed E-state index contributed by atoms with van der Waals surface area (Å²) in [4.78, 5) is 4.80. The summed E-state index contributed by atoms with van der Waals surface area (Å²) in [5, 5.41) is 1.31. The van der Waals surface area contributed by atoms with Gasteiger partial charge in [0.25, 0.3) is 0 Å². The highest BCUT2D eigenvalue weighted by atomic mass is 32.1. The normalized spacial score (nSPS) is 24.7. The molecule has 0 aromatic carbocycles. The van der Waals surface area contributed by atoms with Gasteiger partial charge in [-0.25, -0.2) is 0 Å². The average molecular weight is 266 g/mol. The van der Waals surface area contributed by atoms with Crippen molar-refractivity contribution >= 4 is 22.4 Å². The smallest absolute Gasteiger partial charge is 0.142 e. The molecule has 100 valence electrons. The maximum absolute atomic E-state index is 6.01. The number of likely N-dealkylation sites (tertiary alicyclic amines) is 1. The van der Waals surface area contributed by atoms with E-state index in [1.807, 2.05) is 0 Å². The highest BCUT2D eigenvalue weighted by Gasteiger charge is 2.32. The fraction of sp³-hybridized carbons (Fsp3) is 0.769. The predicted octanol–water partition coefficient (Wildman–Crippen LogP) is 1.99. The fourth-order valence-electron chi connectivity index (χ4n) is 2.98. The van der Waals surface area contributed by atoms with E-state index >= 15 is 0 Å². The molecule has 1 saturated heterocycles. The Morgan fingerprint density at radius 1 is 1.44 bits per heavy atom. The van der Waals surface area contributed by atoms with Crippen molar-refractivity contribution in [1.82, 2.24) is 9.27 Å². The molecule has 1 saturated carbocycles. The number of nitrogens with two attached hydrogens (primary N) is 1. The molecule has 5 heteroatoms. The molecule has 2 fully saturated rings. The molecule has 2 N–H and O–H groups in total. The molecule has 0 radical (unpaired) electrons. The standard InChI is InChI=1S/C13H22N4S/c1-16-6-5-9(7-16)8-17(2)13-11(10-3-4-10)12(14)15-18-13/h9-10H,3-8H2,1-2H3,(H2,14,15). The first-order valence-corrected chi connectivity index (χ1v) is 7.57. The Balaban J connectivity index is 1.70. The van der Waals surface area contributed by atoms with E-state index in [-0.39, 0.29) is 0 Å². The van der Waals surface area contributed by atoms with Crippen LogP contribution >= 0.6 is 11.5 Å². The molecule has 2 aliphatic rings. The van der Waals surface area contributed by atoms with Gasteiger partial charge >= 0.3 is 0 Å². The van der Waals surface area contributed by atoms with Crippen LogP contribution in [0, 0.1) is 5.92 Å². The van der Waals surface area contributed by atoms with Crippen LogP contribution in [0.2, 0.25) is 0 Å². The maximum Gasteiger partial charge on any atom is 0.142 e. The maximum atomic E-state index is 6.01. The number of rotatable bonds is 4. The van der Waals surface area contributed by atoms with Gasteiger partial charge in [-0.05, 0) is 56.2 Å². The number of hydrogen-bond donors (Lipinski definition) is 1. The Morgan fingerprint density at radius 3 is 2.83 bits per heavy atom. The van der Waals surface area contributed by atoms with Crippen LogP contribution in [0.3, 0.4) is 0 Å². The molecule has 1 aromatic heterocycles. The molecule has 4 nitrogen and oxygen atoms in total. The van der Waals surface area contributed by atoms with Gasteiger partial charge in [-0.2, -0.15) is 4.37 Å². The molecule has 2 heterocycles. The van der Waals surface area contributed by atoms with Crippen LogP contribution in [-0.2, 0) is 0 Å². The van der Waals surface area contributed by atoms with Crippen molar-refractivity contribution in [1.29, 1.82) is 0 Å². The highest BCUT2D eigenvalue weighted by Crippen LogP contribution is 2.48. The minimum Gasteiger partial charge on any atom is -0.383 e. The molecule has 0 spiro atoms. The first-order chi connectivity index (χ1) is 8.65. The van der Waals surface area contributed by atoms with Crippen LogP contribution in [0.5, 0.6) is 0 Å². The van der Waals surface area contributed by atoms with Gasteiger partial charge in [0.2, 0.25) is 0 Å². The van der Waals surface area contributed by atoms with Gasteiger partial charge in [0.15, 0.2) is 0 Å². The van der Waals surface area contributed by atoms with Gasteiger partial charge in [-0.1, -0.05) is 0 Å². The van der Waals surface area contributed by atoms with E-state index in [1.165, 1.54) is 42.9 Å². The molecule has 18 heavy (non-hydrogen) atoms. The second-order valence-electron chi connectivity index (χ2n) is 5.86. The summed E-state index contributed by atoms with van der Waals surface area (Å²) >= 11 is 1.57. The van der Waals surface area contributed by atoms with Crippen LogP contribution in [0.1, 0.15) is 30.7 Å². The molecular formula is C13H22N4S. The molecule has 3 rings (SSSR count). The molecule has 1 aliphatic carbocycles. The lowest BCUT2D eigenvalue weighted by Crippen LogP contribution is -2.27. The number of hydrogen-bond acceptors (Lipinski definition) is 5. The number of nitrogens with zero attached hydrogens (tertiary/aromatic N) is 3. The molecule has 1 atom stereocenters. The van der Waals surface area contributed by atoms with Gasteiger partial charge in [0.05, 0.1) is 0 Å². The van der Waals surface area contributed by atoms with Gasteiger partial charge in [-0.3, -0.25) is 0 Å². The first-order valence-electron chi connectivity index (χ1n) is 6.80. The third-order valence-electron chi connectivity index (χ3n) is 4.09. The van der Waals surface area contributed by atoms with Crippen LogP contribution in [-0.4, -0.2) is 43.0 Å². The summed E-state index contributed by atoms with van der Waals surface area (Å²) in [5.74, 6) is 2.25. The van der Waals surface area contributed by atoms with Crippen molar-refractivity contribution in [2.24, 2.45) is 5.92 Å². The van der Waals surface area contributed by atoms with Crippen LogP contribution in [0.15, 0.2) is 0 Å². The molecule has 1 aliphatic heterocycles. The Bertz CT molecular complexity index is 427. The van der Waals surface area contributed by atoms with Gasteiger partial charge < -0.3 is 15.5 Å². The lowest BCUT2D eigenvalue weighted by Gasteiger charge is -2.22. The zero-order valence-corrected chi connectivity index (χ0v) is 12.0. The summed E-state index contributed by atoms with van der Waals surface area (Å²) < 4.78 is 4.36. The Labute approximate surface area is 113 Å². The summed E-state index contributed by atoms with van der Waals surface area (Å²) in [6, 6.07) is 0. The summed E-state index contributed by atoms with van der Waals surface area (Å²) in [6.07, 6.45) is 3.89. The average Bonchev–Trinajstić information content (AvgIpc) is 2.97. The van der Waals surface area contributed by atoms with E-state index in [0.29, 0.717) is 5.92 Å². The number of anilines is 2. The number of nitrogen functional groups attached to an aromatic ring is 1. The Kier molecular flexibility index (Phi) is 3.20. The molecule has 0 bridgehead atoms. The van der Waals surface area contributed by atoms with Crippen molar-refractivity contribution in [2.75, 3.05) is 44.4 Å². The monoisotopic (exact) mass is 266 g/mol. The lowest BCUT2D eigenvalue weighted by atomic mass is 10.1. The second kappa shape index (κ2) is 4.70. The second-order valence-corrected chi connectivity index (χ2v) is 6.61. The van der Waals surface area contributed by atoms with E-state index in [9.17, 15) is 0 Å². The zero-order chi connectivity index (χ0) is 12.7.